The molecule has 11 heteroatoms. The van der Waals surface area contributed by atoms with Gasteiger partial charge in [-0.2, -0.15) is 4.72 Å². The van der Waals surface area contributed by atoms with Crippen LogP contribution in [0.25, 0.3) is 0 Å². The number of nitrogens with zero attached hydrogens (tertiary/aromatic N) is 2. The number of methoxy groups -OCH3 is 1. The lowest BCUT2D eigenvalue weighted by atomic mass is 10.0. The molecule has 0 bridgehead atoms. The summed E-state index contributed by atoms with van der Waals surface area (Å²) >= 11 is 0. The van der Waals surface area contributed by atoms with Crippen molar-refractivity contribution >= 4 is 25.8 Å². The van der Waals surface area contributed by atoms with Crippen LogP contribution in [0.5, 0.6) is 5.75 Å². The van der Waals surface area contributed by atoms with Crippen LogP contribution >= 0.6 is 0 Å². The number of rotatable bonds is 7. The third kappa shape index (κ3) is 5.76. The van der Waals surface area contributed by atoms with Crippen LogP contribution in [0, 0.1) is 5.92 Å². The second-order valence-electron chi connectivity index (χ2n) is 8.44. The highest BCUT2D eigenvalue weighted by atomic mass is 32.2. The van der Waals surface area contributed by atoms with Gasteiger partial charge >= 0.3 is 0 Å². The number of sulfone groups is 1. The Labute approximate surface area is 184 Å². The van der Waals surface area contributed by atoms with Crippen LogP contribution < -0.4 is 9.46 Å². The maximum Gasteiger partial charge on any atom is 0.241 e. The monoisotopic (exact) mass is 473 g/mol. The summed E-state index contributed by atoms with van der Waals surface area (Å²) in [6.45, 7) is 5.67. The van der Waals surface area contributed by atoms with Crippen LogP contribution in [0.4, 0.5) is 0 Å². The van der Waals surface area contributed by atoms with Crippen molar-refractivity contribution in [3.63, 3.8) is 0 Å². The highest BCUT2D eigenvalue weighted by Crippen LogP contribution is 2.21. The van der Waals surface area contributed by atoms with Crippen molar-refractivity contribution in [2.45, 2.75) is 37.2 Å². The topological polar surface area (TPSA) is 113 Å². The minimum atomic E-state index is -3.88. The van der Waals surface area contributed by atoms with E-state index in [0.29, 0.717) is 38.3 Å². The van der Waals surface area contributed by atoms with Crippen molar-refractivity contribution < 1.29 is 26.4 Å². The average molecular weight is 474 g/mol. The Bertz CT molecular complexity index is 984. The lowest BCUT2D eigenvalue weighted by Gasteiger charge is -2.39. The molecule has 2 aliphatic heterocycles. The molecule has 0 aromatic heterocycles. The lowest BCUT2D eigenvalue weighted by Crippen LogP contribution is -2.57. The molecule has 1 aromatic rings. The summed E-state index contributed by atoms with van der Waals surface area (Å²) < 4.78 is 56.8. The molecule has 2 fully saturated rings. The molecular weight excluding hydrogens is 442 g/mol. The SMILES string of the molecule is COc1ccc(S(=O)(=O)N[C@H](C(=O)N2CCN(C3CCS(=O)(=O)C3)CC2)C(C)C)cc1. The second-order valence-corrected chi connectivity index (χ2v) is 12.4. The number of carbonyl (C=O) groups is 1. The van der Waals surface area contributed by atoms with Gasteiger partial charge in [-0.3, -0.25) is 9.69 Å². The third-order valence-electron chi connectivity index (χ3n) is 5.94. The fourth-order valence-electron chi connectivity index (χ4n) is 4.03. The van der Waals surface area contributed by atoms with Crippen LogP contribution in [0.1, 0.15) is 20.3 Å². The van der Waals surface area contributed by atoms with E-state index in [1.165, 1.54) is 19.2 Å². The number of sulfonamides is 1. The molecule has 0 radical (unpaired) electrons. The van der Waals surface area contributed by atoms with E-state index in [1.807, 2.05) is 0 Å². The van der Waals surface area contributed by atoms with Gasteiger partial charge in [-0.1, -0.05) is 13.8 Å². The van der Waals surface area contributed by atoms with Crippen LogP contribution in [-0.4, -0.2) is 89.4 Å². The van der Waals surface area contributed by atoms with E-state index >= 15 is 0 Å². The molecule has 0 aliphatic carbocycles. The highest BCUT2D eigenvalue weighted by Gasteiger charge is 2.37. The fourth-order valence-corrected chi connectivity index (χ4v) is 7.13. The number of carbonyl (C=O) groups excluding carboxylic acids is 1. The van der Waals surface area contributed by atoms with Gasteiger partial charge in [-0.25, -0.2) is 16.8 Å². The Morgan fingerprint density at radius 3 is 2.23 bits per heavy atom. The number of amides is 1. The van der Waals surface area contributed by atoms with E-state index in [-0.39, 0.29) is 34.3 Å². The van der Waals surface area contributed by atoms with Gasteiger partial charge < -0.3 is 9.64 Å². The van der Waals surface area contributed by atoms with E-state index < -0.39 is 25.9 Å². The van der Waals surface area contributed by atoms with Crippen molar-refractivity contribution in [1.82, 2.24) is 14.5 Å². The molecule has 1 N–H and O–H groups in total. The molecule has 31 heavy (non-hydrogen) atoms. The van der Waals surface area contributed by atoms with Gasteiger partial charge in [0.15, 0.2) is 9.84 Å². The third-order valence-corrected chi connectivity index (χ3v) is 9.14. The summed E-state index contributed by atoms with van der Waals surface area (Å²) in [5.41, 5.74) is 0. The van der Waals surface area contributed by atoms with Gasteiger partial charge in [0.05, 0.1) is 23.5 Å². The van der Waals surface area contributed by atoms with Crippen LogP contribution in [0.15, 0.2) is 29.2 Å². The van der Waals surface area contributed by atoms with Crippen LogP contribution in [0.3, 0.4) is 0 Å². The van der Waals surface area contributed by atoms with Crippen LogP contribution in [-0.2, 0) is 24.7 Å². The minimum Gasteiger partial charge on any atom is -0.497 e. The average Bonchev–Trinajstić information content (AvgIpc) is 3.11. The second kappa shape index (κ2) is 9.43. The quantitative estimate of drug-likeness (QED) is 0.607. The molecular formula is C20H31N3O6S2. The predicted molar refractivity (Wildman–Crippen MR) is 117 cm³/mol. The Balaban J connectivity index is 1.64. The Morgan fingerprint density at radius 2 is 1.74 bits per heavy atom. The normalized spacial score (nSPS) is 23.1. The first kappa shape index (κ1) is 24.0. The van der Waals surface area contributed by atoms with Gasteiger partial charge in [0.25, 0.3) is 0 Å². The fraction of sp³-hybridized carbons (Fsp3) is 0.650. The summed E-state index contributed by atoms with van der Waals surface area (Å²) in [6.07, 6.45) is 0.632. The number of benzene rings is 1. The van der Waals surface area contributed by atoms with E-state index in [9.17, 15) is 21.6 Å². The first-order valence-corrected chi connectivity index (χ1v) is 13.7. The zero-order valence-electron chi connectivity index (χ0n) is 18.2. The zero-order chi connectivity index (χ0) is 22.8. The molecule has 1 aromatic carbocycles. The molecule has 2 aliphatic rings. The highest BCUT2D eigenvalue weighted by molar-refractivity contribution is 7.91. The predicted octanol–water partition coefficient (Wildman–Crippen LogP) is 0.329. The first-order chi connectivity index (χ1) is 14.5. The molecule has 3 rings (SSSR count). The van der Waals surface area contributed by atoms with Gasteiger partial charge in [0.1, 0.15) is 11.8 Å². The molecule has 1 unspecified atom stereocenters. The van der Waals surface area contributed by atoms with Crippen LogP contribution in [0.2, 0.25) is 0 Å². The Morgan fingerprint density at radius 1 is 1.13 bits per heavy atom. The summed E-state index contributed by atoms with van der Waals surface area (Å²) in [7, 11) is -5.34. The van der Waals surface area contributed by atoms with Crippen molar-refractivity contribution in [3.8, 4) is 5.75 Å². The molecule has 2 atom stereocenters. The standard InChI is InChI=1S/C20H31N3O6S2/c1-15(2)19(21-31(27,28)18-6-4-17(29-3)5-7-18)20(24)23-11-9-22(10-12-23)16-8-13-30(25,26)14-16/h4-7,15-16,19,21H,8-14H2,1-3H3/t16?,19-/m0/s1. The lowest BCUT2D eigenvalue weighted by molar-refractivity contribution is -0.136. The number of ether oxygens (including phenoxy) is 1. The van der Waals surface area contributed by atoms with E-state index in [4.69, 9.17) is 4.74 Å². The van der Waals surface area contributed by atoms with Gasteiger partial charge in [-0.15, -0.1) is 0 Å². The van der Waals surface area contributed by atoms with E-state index in [0.717, 1.165) is 0 Å². The largest absolute Gasteiger partial charge is 0.497 e. The first-order valence-electron chi connectivity index (χ1n) is 10.4. The Kier molecular flexibility index (Phi) is 7.29. The Hall–Kier alpha value is -1.69. The van der Waals surface area contributed by atoms with Crippen molar-refractivity contribution in [1.29, 1.82) is 0 Å². The molecule has 0 spiro atoms. The summed E-state index contributed by atoms with van der Waals surface area (Å²) in [4.78, 5) is 17.0. The summed E-state index contributed by atoms with van der Waals surface area (Å²) in [5, 5.41) is 0. The molecule has 0 saturated carbocycles. The summed E-state index contributed by atoms with van der Waals surface area (Å²) in [5.74, 6) is 0.448. The molecule has 2 heterocycles. The number of piperazine rings is 1. The molecule has 9 nitrogen and oxygen atoms in total. The van der Waals surface area contributed by atoms with E-state index in [2.05, 4.69) is 9.62 Å². The van der Waals surface area contributed by atoms with E-state index in [1.54, 1.807) is 30.9 Å². The number of hydrogen-bond donors (Lipinski definition) is 1. The van der Waals surface area contributed by atoms with Gasteiger partial charge in [-0.05, 0) is 36.6 Å². The maximum absolute atomic E-state index is 13.1. The summed E-state index contributed by atoms with van der Waals surface area (Å²) in [6, 6.07) is 5.13. The minimum absolute atomic E-state index is 0.0109. The molecule has 174 valence electrons. The molecule has 1 amide bonds. The molecule has 2 saturated heterocycles. The maximum atomic E-state index is 13.1. The van der Waals surface area contributed by atoms with Gasteiger partial charge in [0, 0.05) is 32.2 Å². The number of nitrogens with one attached hydrogen (secondary N) is 1. The van der Waals surface area contributed by atoms with Crippen molar-refractivity contribution in [2.75, 3.05) is 44.8 Å². The zero-order valence-corrected chi connectivity index (χ0v) is 19.8. The van der Waals surface area contributed by atoms with Crippen molar-refractivity contribution in [3.05, 3.63) is 24.3 Å². The van der Waals surface area contributed by atoms with Crippen molar-refractivity contribution in [2.24, 2.45) is 5.92 Å². The number of hydrogen-bond acceptors (Lipinski definition) is 7. The van der Waals surface area contributed by atoms with Gasteiger partial charge in [0.2, 0.25) is 15.9 Å². The smallest absolute Gasteiger partial charge is 0.241 e.